The topological polar surface area (TPSA) is 29.4 Å². The van der Waals surface area contributed by atoms with E-state index in [4.69, 9.17) is 0 Å². The van der Waals surface area contributed by atoms with Crippen LogP contribution in [-0.4, -0.2) is 12.0 Å². The fraction of sp³-hybridized carbons (Fsp3) is 0.273. The molecule has 0 saturated heterocycles. The van der Waals surface area contributed by atoms with Crippen LogP contribution in [0.2, 0.25) is 0 Å². The number of fused-ring (bicyclic) bond motifs is 1. The highest BCUT2D eigenvalue weighted by Crippen LogP contribution is 2.30. The molecule has 14 heavy (non-hydrogen) atoms. The Balaban J connectivity index is 2.68. The Morgan fingerprint density at radius 2 is 2.14 bits per heavy atom. The largest absolute Gasteiger partial charge is 0.293 e. The number of halogens is 1. The summed E-state index contributed by atoms with van der Waals surface area (Å²) >= 11 is 0. The average Bonchev–Trinajstić information content (AvgIpc) is 2.12. The summed E-state index contributed by atoms with van der Waals surface area (Å²) in [5.74, 6) is -0.680. The summed E-state index contributed by atoms with van der Waals surface area (Å²) in [6.07, 6.45) is 1.61. The third-order valence-corrected chi connectivity index (χ3v) is 2.37. The van der Waals surface area contributed by atoms with Gasteiger partial charge in [-0.3, -0.25) is 9.79 Å². The zero-order valence-corrected chi connectivity index (χ0v) is 8.04. The van der Waals surface area contributed by atoms with Crippen molar-refractivity contribution in [1.29, 1.82) is 0 Å². The first-order valence-electron chi connectivity index (χ1n) is 4.48. The Morgan fingerprint density at radius 3 is 2.86 bits per heavy atom. The first-order chi connectivity index (χ1) is 6.59. The Hall–Kier alpha value is -1.51. The molecule has 0 spiro atoms. The number of hydrogen-bond donors (Lipinski definition) is 0. The predicted molar refractivity (Wildman–Crippen MR) is 52.8 cm³/mol. The molecule has 0 amide bonds. The molecule has 1 aliphatic heterocycles. The van der Waals surface area contributed by atoms with Crippen LogP contribution in [0.4, 0.5) is 10.1 Å². The molecule has 0 radical (unpaired) electrons. The highest BCUT2D eigenvalue weighted by molar-refractivity contribution is 6.12. The van der Waals surface area contributed by atoms with Crippen LogP contribution in [0.5, 0.6) is 0 Å². The average molecular weight is 191 g/mol. The molecule has 1 atom stereocenters. The summed E-state index contributed by atoms with van der Waals surface area (Å²) in [4.78, 5) is 15.8. The highest BCUT2D eigenvalue weighted by Gasteiger charge is 2.22. The standard InChI is InChI=1S/C11H10FNO/c1-6-3-8(12)4-9-10(6)13-5-7(2)11(9)14/h3-5,7H,1-2H3. The summed E-state index contributed by atoms with van der Waals surface area (Å²) < 4.78 is 13.1. The van der Waals surface area contributed by atoms with E-state index in [1.54, 1.807) is 20.1 Å². The number of rotatable bonds is 0. The minimum atomic E-state index is -0.376. The van der Waals surface area contributed by atoms with Gasteiger partial charge < -0.3 is 0 Å². The molecule has 2 rings (SSSR count). The lowest BCUT2D eigenvalue weighted by molar-refractivity contribution is 0.0962. The summed E-state index contributed by atoms with van der Waals surface area (Å²) in [6, 6.07) is 2.65. The van der Waals surface area contributed by atoms with E-state index in [9.17, 15) is 9.18 Å². The van der Waals surface area contributed by atoms with Crippen LogP contribution in [0.1, 0.15) is 22.8 Å². The molecule has 2 nitrogen and oxygen atoms in total. The van der Waals surface area contributed by atoms with Crippen LogP contribution in [0.25, 0.3) is 0 Å². The van der Waals surface area contributed by atoms with Crippen molar-refractivity contribution in [2.45, 2.75) is 13.8 Å². The minimum Gasteiger partial charge on any atom is -0.293 e. The van der Waals surface area contributed by atoms with Crippen LogP contribution in [0.3, 0.4) is 0 Å². The van der Waals surface area contributed by atoms with Gasteiger partial charge >= 0.3 is 0 Å². The lowest BCUT2D eigenvalue weighted by Crippen LogP contribution is -2.16. The van der Waals surface area contributed by atoms with Crippen LogP contribution in [0, 0.1) is 18.7 Å². The normalized spacial score (nSPS) is 19.6. The fourth-order valence-corrected chi connectivity index (χ4v) is 1.59. The number of benzene rings is 1. The molecular formula is C11H10FNO. The third-order valence-electron chi connectivity index (χ3n) is 2.37. The predicted octanol–water partition coefficient (Wildman–Crippen LogP) is 2.67. The number of nitrogens with zero attached hydrogens (tertiary/aromatic N) is 1. The van der Waals surface area contributed by atoms with Crippen molar-refractivity contribution in [3.63, 3.8) is 0 Å². The quantitative estimate of drug-likeness (QED) is 0.619. The molecule has 1 aromatic carbocycles. The van der Waals surface area contributed by atoms with Crippen molar-refractivity contribution < 1.29 is 9.18 Å². The fourth-order valence-electron chi connectivity index (χ4n) is 1.59. The van der Waals surface area contributed by atoms with Crippen LogP contribution in [0.15, 0.2) is 17.1 Å². The van der Waals surface area contributed by atoms with Gasteiger partial charge in [-0.05, 0) is 24.6 Å². The lowest BCUT2D eigenvalue weighted by atomic mass is 9.94. The van der Waals surface area contributed by atoms with E-state index in [2.05, 4.69) is 4.99 Å². The van der Waals surface area contributed by atoms with Gasteiger partial charge in [-0.25, -0.2) is 4.39 Å². The third kappa shape index (κ3) is 1.25. The van der Waals surface area contributed by atoms with Gasteiger partial charge in [0.2, 0.25) is 0 Å². The molecule has 72 valence electrons. The van der Waals surface area contributed by atoms with Gasteiger partial charge in [0.25, 0.3) is 0 Å². The first kappa shape index (κ1) is 9.06. The summed E-state index contributed by atoms with van der Waals surface area (Å²) in [7, 11) is 0. The van der Waals surface area contributed by atoms with Gasteiger partial charge in [-0.2, -0.15) is 0 Å². The lowest BCUT2D eigenvalue weighted by Gasteiger charge is -2.15. The second-order valence-corrected chi connectivity index (χ2v) is 3.55. The van der Waals surface area contributed by atoms with E-state index in [0.717, 1.165) is 0 Å². The minimum absolute atomic E-state index is 0.0578. The van der Waals surface area contributed by atoms with E-state index in [1.807, 2.05) is 0 Å². The van der Waals surface area contributed by atoms with Crippen LogP contribution in [-0.2, 0) is 0 Å². The number of ketones is 1. The van der Waals surface area contributed by atoms with E-state index in [0.29, 0.717) is 16.8 Å². The summed E-state index contributed by atoms with van der Waals surface area (Å²) in [5.41, 5.74) is 1.71. The van der Waals surface area contributed by atoms with E-state index in [1.165, 1.54) is 12.1 Å². The molecule has 0 N–H and O–H groups in total. The maximum absolute atomic E-state index is 13.1. The number of carbonyl (C=O) groups is 1. The molecule has 3 heteroatoms. The van der Waals surface area contributed by atoms with Crippen molar-refractivity contribution >= 4 is 17.7 Å². The van der Waals surface area contributed by atoms with Gasteiger partial charge in [0, 0.05) is 11.8 Å². The van der Waals surface area contributed by atoms with E-state index >= 15 is 0 Å². The molecule has 0 aromatic heterocycles. The number of hydrogen-bond acceptors (Lipinski definition) is 2. The van der Waals surface area contributed by atoms with E-state index in [-0.39, 0.29) is 17.5 Å². The van der Waals surface area contributed by atoms with Gasteiger partial charge in [-0.1, -0.05) is 6.92 Å². The molecule has 1 aromatic rings. The second kappa shape index (κ2) is 3.01. The van der Waals surface area contributed by atoms with Crippen molar-refractivity contribution in [3.05, 3.63) is 29.1 Å². The Kier molecular flexibility index (Phi) is 1.95. The molecule has 0 fully saturated rings. The number of Topliss-reactive ketones (excluding diaryl/α,β-unsaturated/α-hetero) is 1. The molecule has 0 saturated carbocycles. The maximum atomic E-state index is 13.1. The molecule has 1 heterocycles. The molecule has 1 unspecified atom stereocenters. The van der Waals surface area contributed by atoms with Crippen molar-refractivity contribution in [2.24, 2.45) is 10.9 Å². The Bertz CT molecular complexity index is 437. The van der Waals surface area contributed by atoms with Crippen LogP contribution < -0.4 is 0 Å². The number of carbonyl (C=O) groups excluding carboxylic acids is 1. The van der Waals surface area contributed by atoms with Gasteiger partial charge in [0.15, 0.2) is 5.78 Å². The molecule has 1 aliphatic rings. The zero-order valence-electron chi connectivity index (χ0n) is 8.04. The SMILES string of the molecule is Cc1cc(F)cc2c1N=CC(C)C2=O. The van der Waals surface area contributed by atoms with Crippen molar-refractivity contribution in [3.8, 4) is 0 Å². The van der Waals surface area contributed by atoms with E-state index < -0.39 is 0 Å². The highest BCUT2D eigenvalue weighted by atomic mass is 19.1. The number of aliphatic imine (C=N–C) groups is 1. The summed E-state index contributed by atoms with van der Waals surface area (Å²) in [6.45, 7) is 3.51. The number of aryl methyl sites for hydroxylation is 1. The van der Waals surface area contributed by atoms with Gasteiger partial charge in [-0.15, -0.1) is 0 Å². The first-order valence-corrected chi connectivity index (χ1v) is 4.48. The smallest absolute Gasteiger partial charge is 0.173 e. The molecule has 0 bridgehead atoms. The van der Waals surface area contributed by atoms with Gasteiger partial charge in [0.05, 0.1) is 11.6 Å². The monoisotopic (exact) mass is 191 g/mol. The van der Waals surface area contributed by atoms with Crippen molar-refractivity contribution in [2.75, 3.05) is 0 Å². The summed E-state index contributed by atoms with van der Waals surface area (Å²) in [5, 5.41) is 0. The molecular weight excluding hydrogens is 181 g/mol. The maximum Gasteiger partial charge on any atom is 0.173 e. The second-order valence-electron chi connectivity index (χ2n) is 3.55. The van der Waals surface area contributed by atoms with Gasteiger partial charge in [0.1, 0.15) is 5.82 Å². The molecule has 0 aliphatic carbocycles. The van der Waals surface area contributed by atoms with Crippen molar-refractivity contribution in [1.82, 2.24) is 0 Å². The Morgan fingerprint density at radius 1 is 1.43 bits per heavy atom. The zero-order chi connectivity index (χ0) is 10.3. The Labute approximate surface area is 81.5 Å². The van der Waals surface area contributed by atoms with Crippen LogP contribution >= 0.6 is 0 Å².